The van der Waals surface area contributed by atoms with E-state index in [1.165, 1.54) is 17.7 Å². The predicted molar refractivity (Wildman–Crippen MR) is 94.7 cm³/mol. The normalized spacial score (nSPS) is 15.6. The Morgan fingerprint density at radius 1 is 1.08 bits per heavy atom. The van der Waals surface area contributed by atoms with E-state index in [-0.39, 0.29) is 5.82 Å². The largest absolute Gasteiger partial charge is 0.423 e. The van der Waals surface area contributed by atoms with Crippen LogP contribution >= 0.6 is 0 Å². The second-order valence-electron chi connectivity index (χ2n) is 6.16. The van der Waals surface area contributed by atoms with E-state index in [1.807, 2.05) is 12.1 Å². The van der Waals surface area contributed by atoms with Crippen molar-refractivity contribution in [3.05, 3.63) is 53.8 Å². The zero-order valence-electron chi connectivity index (χ0n) is 13.9. The smallest absolute Gasteiger partial charge is 0.300 e. The first-order chi connectivity index (χ1) is 12.3. The fourth-order valence-corrected chi connectivity index (χ4v) is 2.94. The molecule has 0 spiro atoms. The van der Waals surface area contributed by atoms with Gasteiger partial charge in [-0.2, -0.15) is 4.98 Å². The lowest BCUT2D eigenvalue weighted by molar-refractivity contribution is 0.0384. The van der Waals surface area contributed by atoms with Crippen LogP contribution in [0.2, 0.25) is 0 Å². The van der Waals surface area contributed by atoms with E-state index >= 15 is 0 Å². The average Bonchev–Trinajstić information content (AvgIpc) is 3.03. The minimum Gasteiger partial charge on any atom is -0.423 e. The fraction of sp³-hybridized carbons (Fsp3) is 0.316. The summed E-state index contributed by atoms with van der Waals surface area (Å²) in [6, 6.07) is 12.9. The van der Waals surface area contributed by atoms with E-state index in [0.717, 1.165) is 45.0 Å². The zero-order valence-corrected chi connectivity index (χ0v) is 13.9. The number of anilines is 2. The van der Waals surface area contributed by atoms with Gasteiger partial charge in [-0.15, -0.1) is 0 Å². The molecule has 0 atom stereocenters. The predicted octanol–water partition coefficient (Wildman–Crippen LogP) is 3.59. The minimum atomic E-state index is -0.322. The van der Waals surface area contributed by atoms with Crippen molar-refractivity contribution in [3.63, 3.8) is 0 Å². The summed E-state index contributed by atoms with van der Waals surface area (Å²) in [5.41, 5.74) is 3.24. The number of nitrogens with one attached hydrogen (secondary N) is 1. The van der Waals surface area contributed by atoms with Gasteiger partial charge in [0.2, 0.25) is 0 Å². The van der Waals surface area contributed by atoms with Crippen molar-refractivity contribution in [2.45, 2.75) is 6.42 Å². The minimum absolute atomic E-state index is 0.322. The Morgan fingerprint density at radius 2 is 1.88 bits per heavy atom. The number of halogens is 1. The summed E-state index contributed by atoms with van der Waals surface area (Å²) in [6.45, 7) is 4.73. The van der Waals surface area contributed by atoms with Crippen molar-refractivity contribution < 1.29 is 13.5 Å². The van der Waals surface area contributed by atoms with E-state index in [0.29, 0.717) is 17.1 Å². The summed E-state index contributed by atoms with van der Waals surface area (Å²) in [5, 5.41) is 3.12. The van der Waals surface area contributed by atoms with Crippen molar-refractivity contribution in [3.8, 4) is 0 Å². The second-order valence-corrected chi connectivity index (χ2v) is 6.16. The van der Waals surface area contributed by atoms with Crippen LogP contribution in [0.15, 0.2) is 46.9 Å². The van der Waals surface area contributed by atoms with Gasteiger partial charge in [0.05, 0.1) is 13.2 Å². The number of oxazole rings is 1. The quantitative estimate of drug-likeness (QED) is 0.769. The van der Waals surface area contributed by atoms with Gasteiger partial charge in [0.1, 0.15) is 11.3 Å². The number of hydrogen-bond donors (Lipinski definition) is 1. The molecule has 1 N–H and O–H groups in total. The molecule has 3 aromatic rings. The second kappa shape index (κ2) is 7.21. The van der Waals surface area contributed by atoms with Crippen LogP contribution in [0.3, 0.4) is 0 Å². The number of fused-ring (bicyclic) bond motifs is 1. The van der Waals surface area contributed by atoms with Crippen LogP contribution in [-0.2, 0) is 11.2 Å². The number of nitrogens with zero attached hydrogens (tertiary/aromatic N) is 2. The molecule has 0 radical (unpaired) electrons. The van der Waals surface area contributed by atoms with Gasteiger partial charge in [0.15, 0.2) is 5.58 Å². The summed E-state index contributed by atoms with van der Waals surface area (Å²) in [7, 11) is 0. The molecule has 0 bridgehead atoms. The molecule has 1 aliphatic heterocycles. The van der Waals surface area contributed by atoms with Gasteiger partial charge in [-0.1, -0.05) is 12.1 Å². The highest BCUT2D eigenvalue weighted by molar-refractivity contribution is 5.75. The molecule has 2 aromatic carbocycles. The summed E-state index contributed by atoms with van der Waals surface area (Å²) < 4.78 is 24.2. The molecule has 2 heterocycles. The number of rotatable bonds is 5. The van der Waals surface area contributed by atoms with E-state index < -0.39 is 0 Å². The fourth-order valence-electron chi connectivity index (χ4n) is 2.94. The van der Waals surface area contributed by atoms with Crippen molar-refractivity contribution >= 4 is 22.8 Å². The molecule has 0 aliphatic carbocycles. The molecular weight excluding hydrogens is 321 g/mol. The van der Waals surface area contributed by atoms with Crippen LogP contribution in [0.25, 0.3) is 11.1 Å². The Labute approximate surface area is 145 Å². The SMILES string of the molecule is Fc1ccc2oc(Nc3ccc(CCN4CCOCC4)cc3)nc2c1. The van der Waals surface area contributed by atoms with Crippen molar-refractivity contribution in [1.82, 2.24) is 9.88 Å². The number of aromatic nitrogens is 1. The van der Waals surface area contributed by atoms with Gasteiger partial charge in [0, 0.05) is 31.4 Å². The van der Waals surface area contributed by atoms with Crippen LogP contribution in [0.1, 0.15) is 5.56 Å². The molecule has 0 unspecified atom stereocenters. The summed E-state index contributed by atoms with van der Waals surface area (Å²) in [6.07, 6.45) is 1.02. The molecule has 4 rings (SSSR count). The number of hydrogen-bond acceptors (Lipinski definition) is 5. The molecule has 6 heteroatoms. The summed E-state index contributed by atoms with van der Waals surface area (Å²) in [4.78, 5) is 6.68. The van der Waals surface area contributed by atoms with Crippen LogP contribution in [0.4, 0.5) is 16.1 Å². The molecule has 25 heavy (non-hydrogen) atoms. The third-order valence-corrected chi connectivity index (χ3v) is 4.38. The maximum Gasteiger partial charge on any atom is 0.300 e. The van der Waals surface area contributed by atoms with E-state index in [4.69, 9.17) is 9.15 Å². The molecular formula is C19H20FN3O2. The Balaban J connectivity index is 1.37. The first-order valence-corrected chi connectivity index (χ1v) is 8.48. The van der Waals surface area contributed by atoms with Crippen LogP contribution < -0.4 is 5.32 Å². The summed E-state index contributed by atoms with van der Waals surface area (Å²) in [5.74, 6) is -0.322. The molecule has 5 nitrogen and oxygen atoms in total. The van der Waals surface area contributed by atoms with Gasteiger partial charge < -0.3 is 14.5 Å². The van der Waals surface area contributed by atoms with Gasteiger partial charge >= 0.3 is 0 Å². The zero-order chi connectivity index (χ0) is 17.1. The van der Waals surface area contributed by atoms with Gasteiger partial charge in [-0.05, 0) is 36.2 Å². The first kappa shape index (κ1) is 16.1. The monoisotopic (exact) mass is 341 g/mol. The lowest BCUT2D eigenvalue weighted by atomic mass is 10.1. The molecule has 1 aliphatic rings. The topological polar surface area (TPSA) is 50.5 Å². The number of morpholine rings is 1. The van der Waals surface area contributed by atoms with Gasteiger partial charge in [0.25, 0.3) is 6.01 Å². The van der Waals surface area contributed by atoms with Gasteiger partial charge in [-0.3, -0.25) is 4.90 Å². The van der Waals surface area contributed by atoms with E-state index in [9.17, 15) is 4.39 Å². The van der Waals surface area contributed by atoms with E-state index in [1.54, 1.807) is 6.07 Å². The van der Waals surface area contributed by atoms with Crippen LogP contribution in [0, 0.1) is 5.82 Å². The molecule has 1 fully saturated rings. The molecule has 0 amide bonds. The Hall–Kier alpha value is -2.44. The summed E-state index contributed by atoms with van der Waals surface area (Å²) >= 11 is 0. The highest BCUT2D eigenvalue weighted by Gasteiger charge is 2.10. The maximum absolute atomic E-state index is 13.2. The lowest BCUT2D eigenvalue weighted by Crippen LogP contribution is -2.37. The van der Waals surface area contributed by atoms with Crippen molar-refractivity contribution in [2.24, 2.45) is 0 Å². The Morgan fingerprint density at radius 3 is 2.68 bits per heavy atom. The molecule has 1 aromatic heterocycles. The third-order valence-electron chi connectivity index (χ3n) is 4.38. The Kier molecular flexibility index (Phi) is 4.63. The highest BCUT2D eigenvalue weighted by atomic mass is 19.1. The molecule has 130 valence electrons. The van der Waals surface area contributed by atoms with Crippen LogP contribution in [0.5, 0.6) is 0 Å². The first-order valence-electron chi connectivity index (χ1n) is 8.48. The lowest BCUT2D eigenvalue weighted by Gasteiger charge is -2.26. The highest BCUT2D eigenvalue weighted by Crippen LogP contribution is 2.23. The maximum atomic E-state index is 13.2. The van der Waals surface area contributed by atoms with Crippen LogP contribution in [-0.4, -0.2) is 42.7 Å². The van der Waals surface area contributed by atoms with Crippen molar-refractivity contribution in [2.75, 3.05) is 38.2 Å². The number of ether oxygens (including phenoxy) is 1. The van der Waals surface area contributed by atoms with Gasteiger partial charge in [-0.25, -0.2) is 4.39 Å². The molecule has 1 saturated heterocycles. The standard InChI is InChI=1S/C19H20FN3O2/c20-15-3-6-18-17(13-15)22-19(25-18)21-16-4-1-14(2-5-16)7-8-23-9-11-24-12-10-23/h1-6,13H,7-12H2,(H,21,22). The Bertz CT molecular complexity index is 842. The van der Waals surface area contributed by atoms with E-state index in [2.05, 4.69) is 27.3 Å². The number of benzene rings is 2. The van der Waals surface area contributed by atoms with Crippen molar-refractivity contribution in [1.29, 1.82) is 0 Å². The average molecular weight is 341 g/mol. The third kappa shape index (κ3) is 3.97. The molecule has 0 saturated carbocycles.